The van der Waals surface area contributed by atoms with Gasteiger partial charge in [-0.3, -0.25) is 4.79 Å². The number of aliphatic hydroxyl groups excluding tert-OH is 2. The molecule has 0 heterocycles. The van der Waals surface area contributed by atoms with E-state index in [1.165, 1.54) is 26.4 Å². The molecule has 1 unspecified atom stereocenters. The molecule has 0 saturated carbocycles. The molecule has 6 nitrogen and oxygen atoms in total. The number of benzene rings is 1. The number of halogens is 1. The number of hydrogen-bond donors (Lipinski definition) is 3. The highest BCUT2D eigenvalue weighted by atomic mass is 35.5. The van der Waals surface area contributed by atoms with E-state index in [0.29, 0.717) is 11.5 Å². The van der Waals surface area contributed by atoms with Crippen LogP contribution in [0.2, 0.25) is 5.02 Å². The van der Waals surface area contributed by atoms with Crippen molar-refractivity contribution < 1.29 is 24.5 Å². The molecule has 0 aliphatic rings. The zero-order chi connectivity index (χ0) is 14.4. The van der Waals surface area contributed by atoms with Gasteiger partial charge in [-0.15, -0.1) is 0 Å². The molecule has 0 aromatic heterocycles. The van der Waals surface area contributed by atoms with Crippen molar-refractivity contribution >= 4 is 17.5 Å². The molecule has 106 valence electrons. The van der Waals surface area contributed by atoms with Crippen molar-refractivity contribution in [2.75, 3.05) is 27.4 Å². The van der Waals surface area contributed by atoms with Gasteiger partial charge in [0.15, 0.2) is 11.5 Å². The van der Waals surface area contributed by atoms with Crippen LogP contribution in [0.5, 0.6) is 11.5 Å². The number of hydrogen-bond acceptors (Lipinski definition) is 5. The Bertz CT molecular complexity index is 452. The maximum Gasteiger partial charge on any atom is 0.251 e. The summed E-state index contributed by atoms with van der Waals surface area (Å²) in [6, 6.07) is 2.91. The van der Waals surface area contributed by atoms with Gasteiger partial charge in [0.2, 0.25) is 0 Å². The molecule has 1 aromatic carbocycles. The molecule has 0 aliphatic carbocycles. The molecule has 7 heteroatoms. The van der Waals surface area contributed by atoms with Gasteiger partial charge in [0.25, 0.3) is 5.91 Å². The fourth-order valence-electron chi connectivity index (χ4n) is 1.43. The quantitative estimate of drug-likeness (QED) is 0.707. The van der Waals surface area contributed by atoms with Crippen LogP contribution in [0.3, 0.4) is 0 Å². The number of ether oxygens (including phenoxy) is 2. The summed E-state index contributed by atoms with van der Waals surface area (Å²) in [6.07, 6.45) is -1.00. The molecule has 3 N–H and O–H groups in total. The highest BCUT2D eigenvalue weighted by Crippen LogP contribution is 2.35. The van der Waals surface area contributed by atoms with E-state index in [4.69, 9.17) is 31.3 Å². The van der Waals surface area contributed by atoms with Gasteiger partial charge in [0.1, 0.15) is 0 Å². The van der Waals surface area contributed by atoms with Gasteiger partial charge in [0, 0.05) is 12.1 Å². The van der Waals surface area contributed by atoms with E-state index in [9.17, 15) is 4.79 Å². The average Bonchev–Trinajstić information content (AvgIpc) is 2.43. The predicted molar refractivity (Wildman–Crippen MR) is 70.0 cm³/mol. The number of methoxy groups -OCH3 is 2. The highest BCUT2D eigenvalue weighted by Gasteiger charge is 2.15. The van der Waals surface area contributed by atoms with E-state index in [2.05, 4.69) is 5.32 Å². The van der Waals surface area contributed by atoms with E-state index in [0.717, 1.165) is 0 Å². The third-order valence-corrected chi connectivity index (χ3v) is 2.69. The van der Waals surface area contributed by atoms with Gasteiger partial charge in [-0.05, 0) is 12.1 Å². The van der Waals surface area contributed by atoms with Gasteiger partial charge in [0.05, 0.1) is 32.0 Å². The standard InChI is InChI=1S/C12H16ClNO5/c1-18-10-4-7(3-9(13)11(10)19-2)12(17)14-5-8(16)6-15/h3-4,8,15-16H,5-6H2,1-2H3,(H,14,17). The fourth-order valence-corrected chi connectivity index (χ4v) is 1.71. The summed E-state index contributed by atoms with van der Waals surface area (Å²) in [5.74, 6) is 0.245. The van der Waals surface area contributed by atoms with Gasteiger partial charge >= 0.3 is 0 Å². The zero-order valence-corrected chi connectivity index (χ0v) is 11.4. The summed E-state index contributed by atoms with van der Waals surface area (Å²) in [6.45, 7) is -0.478. The van der Waals surface area contributed by atoms with E-state index in [1.807, 2.05) is 0 Å². The molecule has 0 saturated heterocycles. The average molecular weight is 290 g/mol. The van der Waals surface area contributed by atoms with Crippen molar-refractivity contribution in [3.8, 4) is 11.5 Å². The van der Waals surface area contributed by atoms with Gasteiger partial charge < -0.3 is 25.0 Å². The maximum absolute atomic E-state index is 11.8. The second-order valence-electron chi connectivity index (χ2n) is 3.74. The number of carbonyl (C=O) groups excluding carboxylic acids is 1. The number of amides is 1. The first-order chi connectivity index (χ1) is 9.03. The topological polar surface area (TPSA) is 88.0 Å². The summed E-state index contributed by atoms with van der Waals surface area (Å²) in [4.78, 5) is 11.8. The second kappa shape index (κ2) is 7.18. The molecule has 1 aromatic rings. The molecule has 1 rings (SSSR count). The number of aliphatic hydroxyl groups is 2. The van der Waals surface area contributed by atoms with Crippen molar-refractivity contribution in [3.05, 3.63) is 22.7 Å². The molecule has 1 amide bonds. The Balaban J connectivity index is 2.89. The van der Waals surface area contributed by atoms with E-state index in [1.54, 1.807) is 0 Å². The van der Waals surface area contributed by atoms with Crippen molar-refractivity contribution in [1.82, 2.24) is 5.32 Å². The first-order valence-electron chi connectivity index (χ1n) is 5.52. The van der Waals surface area contributed by atoms with Crippen LogP contribution < -0.4 is 14.8 Å². The van der Waals surface area contributed by atoms with Crippen LogP contribution >= 0.6 is 11.6 Å². The minimum Gasteiger partial charge on any atom is -0.493 e. The third-order valence-electron chi connectivity index (χ3n) is 2.40. The lowest BCUT2D eigenvalue weighted by Gasteiger charge is -2.13. The normalized spacial score (nSPS) is 11.8. The Morgan fingerprint density at radius 3 is 2.63 bits per heavy atom. The van der Waals surface area contributed by atoms with Gasteiger partial charge in [-0.2, -0.15) is 0 Å². The first kappa shape index (κ1) is 15.6. The van der Waals surface area contributed by atoms with Crippen LogP contribution in [0.4, 0.5) is 0 Å². The SMILES string of the molecule is COc1cc(C(=O)NCC(O)CO)cc(Cl)c1OC. The van der Waals surface area contributed by atoms with Crippen molar-refractivity contribution in [2.45, 2.75) is 6.10 Å². The Hall–Kier alpha value is -1.50. The summed E-state index contributed by atoms with van der Waals surface area (Å²) in [5, 5.41) is 20.5. The Morgan fingerprint density at radius 1 is 1.42 bits per heavy atom. The summed E-state index contributed by atoms with van der Waals surface area (Å²) < 4.78 is 10.1. The zero-order valence-electron chi connectivity index (χ0n) is 10.6. The van der Waals surface area contributed by atoms with Gasteiger partial charge in [-0.25, -0.2) is 0 Å². The summed E-state index contributed by atoms with van der Waals surface area (Å²) >= 11 is 5.97. The molecule has 0 bridgehead atoms. The largest absolute Gasteiger partial charge is 0.493 e. The second-order valence-corrected chi connectivity index (χ2v) is 4.15. The number of rotatable bonds is 6. The Kier molecular flexibility index (Phi) is 5.88. The monoisotopic (exact) mass is 289 g/mol. The number of carbonyl (C=O) groups is 1. The summed E-state index contributed by atoms with van der Waals surface area (Å²) in [5.41, 5.74) is 0.271. The van der Waals surface area contributed by atoms with Crippen molar-refractivity contribution in [3.63, 3.8) is 0 Å². The minimum atomic E-state index is -1.00. The molecular formula is C12H16ClNO5. The van der Waals surface area contributed by atoms with E-state index >= 15 is 0 Å². The minimum absolute atomic E-state index is 0.0543. The molecule has 1 atom stereocenters. The van der Waals surface area contributed by atoms with Crippen LogP contribution in [-0.4, -0.2) is 49.6 Å². The fraction of sp³-hybridized carbons (Fsp3) is 0.417. The van der Waals surface area contributed by atoms with E-state index in [-0.39, 0.29) is 17.1 Å². The lowest BCUT2D eigenvalue weighted by atomic mass is 10.2. The summed E-state index contributed by atoms with van der Waals surface area (Å²) in [7, 11) is 2.88. The number of nitrogens with one attached hydrogen (secondary N) is 1. The van der Waals surface area contributed by atoms with Crippen molar-refractivity contribution in [2.24, 2.45) is 0 Å². The molecule has 19 heavy (non-hydrogen) atoms. The first-order valence-corrected chi connectivity index (χ1v) is 5.89. The third kappa shape index (κ3) is 3.99. The van der Waals surface area contributed by atoms with Crippen LogP contribution in [-0.2, 0) is 0 Å². The van der Waals surface area contributed by atoms with E-state index < -0.39 is 18.6 Å². The molecule has 0 radical (unpaired) electrons. The van der Waals surface area contributed by atoms with Crippen LogP contribution in [0.25, 0.3) is 0 Å². The molecule has 0 spiro atoms. The van der Waals surface area contributed by atoms with Crippen molar-refractivity contribution in [1.29, 1.82) is 0 Å². The maximum atomic E-state index is 11.8. The van der Waals surface area contributed by atoms with Crippen LogP contribution in [0.1, 0.15) is 10.4 Å². The lowest BCUT2D eigenvalue weighted by molar-refractivity contribution is 0.0801. The molecular weight excluding hydrogens is 274 g/mol. The van der Waals surface area contributed by atoms with Crippen LogP contribution in [0, 0.1) is 0 Å². The van der Waals surface area contributed by atoms with Gasteiger partial charge in [-0.1, -0.05) is 11.6 Å². The molecule has 0 aliphatic heterocycles. The predicted octanol–water partition coefficient (Wildman–Crippen LogP) is 0.440. The lowest BCUT2D eigenvalue weighted by Crippen LogP contribution is -2.33. The molecule has 0 fully saturated rings. The Labute approximate surface area is 115 Å². The highest BCUT2D eigenvalue weighted by molar-refractivity contribution is 6.32. The Morgan fingerprint density at radius 2 is 2.11 bits per heavy atom. The smallest absolute Gasteiger partial charge is 0.251 e. The van der Waals surface area contributed by atoms with Crippen LogP contribution in [0.15, 0.2) is 12.1 Å².